The van der Waals surface area contributed by atoms with Crippen molar-refractivity contribution in [2.75, 3.05) is 0 Å². The molecule has 0 nitrogen and oxygen atoms in total. The average molecular weight is 306 g/mol. The molecule has 2 saturated carbocycles. The van der Waals surface area contributed by atoms with Crippen molar-refractivity contribution in [3.8, 4) is 0 Å². The third-order valence-electron chi connectivity index (χ3n) is 6.18. The van der Waals surface area contributed by atoms with E-state index in [1.54, 1.807) is 11.8 Å². The van der Waals surface area contributed by atoms with E-state index in [0.29, 0.717) is 0 Å². The van der Waals surface area contributed by atoms with E-state index in [-0.39, 0.29) is 17.1 Å². The quantitative estimate of drug-likeness (QED) is 0.497. The van der Waals surface area contributed by atoms with E-state index >= 15 is 0 Å². The van der Waals surface area contributed by atoms with Gasteiger partial charge in [-0.25, -0.2) is 0 Å². The molecule has 19 heavy (non-hydrogen) atoms. The summed E-state index contributed by atoms with van der Waals surface area (Å²) in [6.45, 7) is 18.7. The van der Waals surface area contributed by atoms with Gasteiger partial charge in [0.2, 0.25) is 0 Å². The maximum Gasteiger partial charge on any atom is 0 e. The van der Waals surface area contributed by atoms with Gasteiger partial charge in [-0.05, 0) is 60.2 Å². The molecule has 2 radical (unpaired) electrons. The van der Waals surface area contributed by atoms with Gasteiger partial charge in [-0.3, -0.25) is 0 Å². The zero-order valence-electron chi connectivity index (χ0n) is 14.2. The molecule has 1 heteroatoms. The predicted molar refractivity (Wildman–Crippen MR) is 82.1 cm³/mol. The molecule has 0 aromatic carbocycles. The molecule has 0 aromatic heterocycles. The molecule has 0 spiro atoms. The van der Waals surface area contributed by atoms with Gasteiger partial charge < -0.3 is 0 Å². The molecule has 0 amide bonds. The Hall–Kier alpha value is 0.519. The number of hydrogen-bond acceptors (Lipinski definition) is 0. The zero-order chi connectivity index (χ0) is 14.0. The van der Waals surface area contributed by atoms with Gasteiger partial charge in [-0.15, -0.1) is 0 Å². The van der Waals surface area contributed by atoms with Crippen LogP contribution in [0.15, 0.2) is 0 Å². The Morgan fingerprint density at radius 1 is 0.632 bits per heavy atom. The van der Waals surface area contributed by atoms with Crippen LogP contribution in [0.5, 0.6) is 0 Å². The van der Waals surface area contributed by atoms with Crippen molar-refractivity contribution >= 4 is 0 Å². The van der Waals surface area contributed by atoms with Crippen LogP contribution in [0, 0.1) is 47.3 Å². The standard InChI is InChI=1S/C9H18.C9H16.Fe/c2*1-6-5-7(2)9(4)8(6)3;/h6-9H,5H2,1-4H3;6-7H,5H2,1-4H3;. The molecular formula is C18H34Fe. The van der Waals surface area contributed by atoms with E-state index in [1.165, 1.54) is 12.8 Å². The first-order valence-corrected chi connectivity index (χ1v) is 7.92. The molecule has 0 bridgehead atoms. The fourth-order valence-electron chi connectivity index (χ4n) is 3.71. The van der Waals surface area contributed by atoms with E-state index in [0.717, 1.165) is 35.5 Å². The second-order valence-electron chi connectivity index (χ2n) is 7.31. The van der Waals surface area contributed by atoms with Gasteiger partial charge in [0.25, 0.3) is 0 Å². The monoisotopic (exact) mass is 306 g/mol. The van der Waals surface area contributed by atoms with Crippen molar-refractivity contribution < 1.29 is 17.1 Å². The first kappa shape index (κ1) is 19.5. The molecule has 2 rings (SSSR count). The van der Waals surface area contributed by atoms with E-state index in [9.17, 15) is 0 Å². The zero-order valence-corrected chi connectivity index (χ0v) is 15.3. The van der Waals surface area contributed by atoms with Crippen LogP contribution in [0.4, 0.5) is 0 Å². The summed E-state index contributed by atoms with van der Waals surface area (Å²) in [5.74, 6) is 8.80. The van der Waals surface area contributed by atoms with Crippen LogP contribution in [0.1, 0.15) is 68.2 Å². The largest absolute Gasteiger partial charge is 0.0622 e. The maximum absolute atomic E-state index is 2.39. The van der Waals surface area contributed by atoms with Crippen LogP contribution >= 0.6 is 0 Å². The Kier molecular flexibility index (Phi) is 8.30. The molecule has 0 saturated heterocycles. The van der Waals surface area contributed by atoms with Gasteiger partial charge in [0.05, 0.1) is 0 Å². The summed E-state index contributed by atoms with van der Waals surface area (Å²) in [6, 6.07) is 0. The van der Waals surface area contributed by atoms with Crippen LogP contribution in [-0.2, 0) is 17.1 Å². The molecular weight excluding hydrogens is 272 g/mol. The molecule has 2 aliphatic carbocycles. The van der Waals surface area contributed by atoms with Gasteiger partial charge in [0, 0.05) is 17.1 Å². The number of rotatable bonds is 0. The second-order valence-corrected chi connectivity index (χ2v) is 7.31. The van der Waals surface area contributed by atoms with E-state index in [1.807, 2.05) is 0 Å². The van der Waals surface area contributed by atoms with E-state index < -0.39 is 0 Å². The molecule has 2 fully saturated rings. The van der Waals surface area contributed by atoms with Gasteiger partial charge in [0.1, 0.15) is 0 Å². The minimum absolute atomic E-state index is 0. The van der Waals surface area contributed by atoms with Crippen molar-refractivity contribution in [2.45, 2.75) is 68.2 Å². The van der Waals surface area contributed by atoms with Crippen molar-refractivity contribution in [1.29, 1.82) is 0 Å². The Balaban J connectivity index is 0.000000324. The van der Waals surface area contributed by atoms with Crippen LogP contribution in [0.2, 0.25) is 0 Å². The summed E-state index contributed by atoms with van der Waals surface area (Å²) in [5.41, 5.74) is 0. The first-order valence-electron chi connectivity index (χ1n) is 7.92. The van der Waals surface area contributed by atoms with Crippen molar-refractivity contribution in [2.24, 2.45) is 35.5 Å². The summed E-state index contributed by atoms with van der Waals surface area (Å²) in [4.78, 5) is 0. The van der Waals surface area contributed by atoms with E-state index in [2.05, 4.69) is 55.4 Å². The fourth-order valence-corrected chi connectivity index (χ4v) is 3.71. The maximum atomic E-state index is 2.39. The Morgan fingerprint density at radius 2 is 0.947 bits per heavy atom. The van der Waals surface area contributed by atoms with Crippen LogP contribution in [-0.4, -0.2) is 0 Å². The molecule has 0 aromatic rings. The molecule has 114 valence electrons. The third-order valence-corrected chi connectivity index (χ3v) is 6.18. The van der Waals surface area contributed by atoms with Gasteiger partial charge >= 0.3 is 0 Å². The summed E-state index contributed by atoms with van der Waals surface area (Å²) in [6.07, 6.45) is 2.82. The topological polar surface area (TPSA) is 0 Å². The molecule has 0 N–H and O–H groups in total. The minimum Gasteiger partial charge on any atom is -0.0622 e. The van der Waals surface area contributed by atoms with Crippen LogP contribution in [0.3, 0.4) is 0 Å². The molecule has 2 aliphatic rings. The SMILES string of the molecule is CC1CC(C)C(C)C1C.C[C]1[C](C)C(C)CC1C.[Fe]. The fraction of sp³-hybridized carbons (Fsp3) is 0.889. The number of hydrogen-bond donors (Lipinski definition) is 0. The average Bonchev–Trinajstić information content (AvgIpc) is 2.66. The van der Waals surface area contributed by atoms with Crippen LogP contribution < -0.4 is 0 Å². The van der Waals surface area contributed by atoms with Crippen molar-refractivity contribution in [1.82, 2.24) is 0 Å². The first-order chi connectivity index (χ1) is 8.25. The third kappa shape index (κ3) is 4.78. The van der Waals surface area contributed by atoms with Gasteiger partial charge in [0.15, 0.2) is 0 Å². The van der Waals surface area contributed by atoms with E-state index in [4.69, 9.17) is 0 Å². The summed E-state index contributed by atoms with van der Waals surface area (Å²) < 4.78 is 0. The molecule has 6 atom stereocenters. The normalized spacial score (nSPS) is 43.6. The molecule has 0 heterocycles. The smallest absolute Gasteiger partial charge is 0 e. The Labute approximate surface area is 133 Å². The van der Waals surface area contributed by atoms with Gasteiger partial charge in [-0.2, -0.15) is 0 Å². The van der Waals surface area contributed by atoms with Crippen LogP contribution in [0.25, 0.3) is 0 Å². The van der Waals surface area contributed by atoms with Crippen molar-refractivity contribution in [3.63, 3.8) is 0 Å². The molecule has 0 aliphatic heterocycles. The van der Waals surface area contributed by atoms with Gasteiger partial charge in [-0.1, -0.05) is 55.4 Å². The predicted octanol–water partition coefficient (Wildman–Crippen LogP) is 5.78. The summed E-state index contributed by atoms with van der Waals surface area (Å²) >= 11 is 0. The second kappa shape index (κ2) is 8.08. The molecule has 6 unspecified atom stereocenters. The Bertz CT molecular complexity index is 200. The Morgan fingerprint density at radius 3 is 1.05 bits per heavy atom. The summed E-state index contributed by atoms with van der Waals surface area (Å²) in [5, 5.41) is 0. The minimum atomic E-state index is 0. The summed E-state index contributed by atoms with van der Waals surface area (Å²) in [7, 11) is 0. The van der Waals surface area contributed by atoms with Crippen molar-refractivity contribution in [3.05, 3.63) is 11.8 Å².